The molecule has 1 aliphatic heterocycles. The van der Waals surface area contributed by atoms with Crippen LogP contribution < -0.4 is 5.32 Å². The molecule has 0 radical (unpaired) electrons. The molecule has 4 rings (SSSR count). The summed E-state index contributed by atoms with van der Waals surface area (Å²) in [5.41, 5.74) is 2.19. The third-order valence-electron chi connectivity index (χ3n) is 6.66. The highest BCUT2D eigenvalue weighted by Crippen LogP contribution is 2.30. The Morgan fingerprint density at radius 1 is 1.00 bits per heavy atom. The lowest BCUT2D eigenvalue weighted by molar-refractivity contribution is 0.104. The van der Waals surface area contributed by atoms with Gasteiger partial charge in [-0.2, -0.15) is 0 Å². The largest absolute Gasteiger partial charge is 0.445 e. The van der Waals surface area contributed by atoms with Crippen molar-refractivity contribution >= 4 is 29.3 Å². The van der Waals surface area contributed by atoms with Gasteiger partial charge in [-0.1, -0.05) is 53.5 Å². The van der Waals surface area contributed by atoms with Crippen LogP contribution in [0.3, 0.4) is 0 Å². The number of carbonyl (C=O) groups excluding carboxylic acids is 1. The lowest BCUT2D eigenvalue weighted by Crippen LogP contribution is -2.51. The van der Waals surface area contributed by atoms with Crippen LogP contribution in [-0.4, -0.2) is 36.2 Å². The molecule has 1 N–H and O–H groups in total. The van der Waals surface area contributed by atoms with E-state index in [2.05, 4.69) is 22.3 Å². The number of rotatable bonds is 6. The lowest BCUT2D eigenvalue weighted by atomic mass is 9.89. The van der Waals surface area contributed by atoms with E-state index in [9.17, 15) is 4.79 Å². The van der Waals surface area contributed by atoms with Crippen LogP contribution in [0.25, 0.3) is 0 Å². The molecule has 1 saturated heterocycles. The van der Waals surface area contributed by atoms with Crippen LogP contribution in [-0.2, 0) is 17.8 Å². The van der Waals surface area contributed by atoms with Gasteiger partial charge in [-0.3, -0.25) is 4.90 Å². The average molecular weight is 461 g/mol. The van der Waals surface area contributed by atoms with Crippen LogP contribution >= 0.6 is 23.2 Å². The average Bonchev–Trinajstić information content (AvgIpc) is 3.23. The molecule has 0 bridgehead atoms. The number of halogens is 2. The van der Waals surface area contributed by atoms with Gasteiger partial charge >= 0.3 is 6.09 Å². The number of piperidine rings is 1. The number of hydrogen-bond acceptors (Lipinski definition) is 3. The minimum atomic E-state index is -0.352. The summed E-state index contributed by atoms with van der Waals surface area (Å²) in [5.74, 6) is 0.714. The van der Waals surface area contributed by atoms with Crippen molar-refractivity contribution in [1.82, 2.24) is 10.2 Å². The normalized spacial score (nSPS) is 22.4. The molecule has 1 amide bonds. The first-order valence-electron chi connectivity index (χ1n) is 11.2. The summed E-state index contributed by atoms with van der Waals surface area (Å²) in [5, 5.41) is 4.53. The number of nitrogens with one attached hydrogen (secondary N) is 1. The second kappa shape index (κ2) is 10.7. The predicted molar refractivity (Wildman–Crippen MR) is 126 cm³/mol. The van der Waals surface area contributed by atoms with Crippen molar-refractivity contribution in [2.45, 2.75) is 57.2 Å². The molecule has 166 valence electrons. The second-order valence-electron chi connectivity index (χ2n) is 8.73. The van der Waals surface area contributed by atoms with E-state index in [4.69, 9.17) is 27.9 Å². The van der Waals surface area contributed by atoms with E-state index in [-0.39, 0.29) is 18.7 Å². The standard InChI is InChI=1S/C25H30Cl2N2O2/c26-21-10-8-18(9-11-21)16-19-12-14-29(15-13-19)24-7-3-6-23(24)28-25(30)31-17-20-4-1-2-5-22(20)27/h1-2,4-5,8-11,19,23-24H,3,6-7,12-17H2,(H,28,30). The number of nitrogens with zero attached hydrogens (tertiary/aromatic N) is 1. The Kier molecular flexibility index (Phi) is 7.76. The van der Waals surface area contributed by atoms with Crippen molar-refractivity contribution < 1.29 is 9.53 Å². The third-order valence-corrected chi connectivity index (χ3v) is 7.28. The van der Waals surface area contributed by atoms with Gasteiger partial charge in [0.2, 0.25) is 0 Å². The Balaban J connectivity index is 1.23. The highest BCUT2D eigenvalue weighted by molar-refractivity contribution is 6.31. The number of benzene rings is 2. The molecule has 2 aromatic rings. The molecule has 1 heterocycles. The summed E-state index contributed by atoms with van der Waals surface area (Å²) < 4.78 is 5.44. The van der Waals surface area contributed by atoms with E-state index in [0.717, 1.165) is 49.4 Å². The summed E-state index contributed by atoms with van der Waals surface area (Å²) >= 11 is 12.2. The van der Waals surface area contributed by atoms with Gasteiger partial charge in [-0.25, -0.2) is 4.79 Å². The van der Waals surface area contributed by atoms with Crippen LogP contribution in [0.4, 0.5) is 4.79 Å². The third kappa shape index (κ3) is 6.15. The van der Waals surface area contributed by atoms with Crippen LogP contribution in [0.2, 0.25) is 10.0 Å². The number of amides is 1. The minimum absolute atomic E-state index is 0.159. The summed E-state index contributed by atoms with van der Waals surface area (Å²) in [6.45, 7) is 2.38. The molecular formula is C25H30Cl2N2O2. The van der Waals surface area contributed by atoms with Crippen LogP contribution in [0.15, 0.2) is 48.5 Å². The van der Waals surface area contributed by atoms with E-state index >= 15 is 0 Å². The second-order valence-corrected chi connectivity index (χ2v) is 9.57. The van der Waals surface area contributed by atoms with Crippen molar-refractivity contribution in [2.24, 2.45) is 5.92 Å². The fraction of sp³-hybridized carbons (Fsp3) is 0.480. The maximum atomic E-state index is 12.4. The number of hydrogen-bond donors (Lipinski definition) is 1. The van der Waals surface area contributed by atoms with Crippen molar-refractivity contribution in [3.8, 4) is 0 Å². The van der Waals surface area contributed by atoms with Gasteiger partial charge in [-0.05, 0) is 81.3 Å². The SMILES string of the molecule is O=C(NC1CCCC1N1CCC(Cc2ccc(Cl)cc2)CC1)OCc1ccccc1Cl. The number of ether oxygens (including phenoxy) is 1. The molecule has 2 unspecified atom stereocenters. The summed E-state index contributed by atoms with van der Waals surface area (Å²) in [7, 11) is 0. The van der Waals surface area contributed by atoms with E-state index in [0.29, 0.717) is 17.0 Å². The van der Waals surface area contributed by atoms with Gasteiger partial charge in [0.05, 0.1) is 0 Å². The van der Waals surface area contributed by atoms with Gasteiger partial charge < -0.3 is 10.1 Å². The van der Waals surface area contributed by atoms with Gasteiger partial charge in [0.15, 0.2) is 0 Å². The molecule has 0 aromatic heterocycles. The highest BCUT2D eigenvalue weighted by Gasteiger charge is 2.35. The van der Waals surface area contributed by atoms with Gasteiger partial charge in [-0.15, -0.1) is 0 Å². The fourth-order valence-corrected chi connectivity index (χ4v) is 5.26. The Hall–Kier alpha value is -1.75. The zero-order valence-electron chi connectivity index (χ0n) is 17.7. The smallest absolute Gasteiger partial charge is 0.407 e. The van der Waals surface area contributed by atoms with E-state index < -0.39 is 0 Å². The first-order chi connectivity index (χ1) is 15.1. The van der Waals surface area contributed by atoms with E-state index in [1.54, 1.807) is 0 Å². The summed E-state index contributed by atoms with van der Waals surface area (Å²) in [6.07, 6.45) is 6.45. The van der Waals surface area contributed by atoms with Gasteiger partial charge in [0.1, 0.15) is 6.61 Å². The number of carbonyl (C=O) groups is 1. The number of alkyl carbamates (subject to hydrolysis) is 1. The van der Waals surface area contributed by atoms with Crippen LogP contribution in [0, 0.1) is 5.92 Å². The van der Waals surface area contributed by atoms with Crippen molar-refractivity contribution in [2.75, 3.05) is 13.1 Å². The molecule has 6 heteroatoms. The monoisotopic (exact) mass is 460 g/mol. The van der Waals surface area contributed by atoms with Gasteiger partial charge in [0.25, 0.3) is 0 Å². The van der Waals surface area contributed by atoms with Crippen LogP contribution in [0.5, 0.6) is 0 Å². The fourth-order valence-electron chi connectivity index (χ4n) is 4.94. The number of likely N-dealkylation sites (tertiary alicyclic amines) is 1. The predicted octanol–water partition coefficient (Wildman–Crippen LogP) is 6.10. The zero-order chi connectivity index (χ0) is 21.6. The van der Waals surface area contributed by atoms with Crippen molar-refractivity contribution in [3.05, 3.63) is 69.7 Å². The molecule has 4 nitrogen and oxygen atoms in total. The Labute approximate surface area is 194 Å². The first-order valence-corrected chi connectivity index (χ1v) is 12.0. The molecular weight excluding hydrogens is 431 g/mol. The Morgan fingerprint density at radius 2 is 1.74 bits per heavy atom. The zero-order valence-corrected chi connectivity index (χ0v) is 19.2. The van der Waals surface area contributed by atoms with Crippen molar-refractivity contribution in [3.63, 3.8) is 0 Å². The molecule has 2 aromatic carbocycles. The summed E-state index contributed by atoms with van der Waals surface area (Å²) in [6, 6.07) is 16.2. The van der Waals surface area contributed by atoms with E-state index in [1.165, 1.54) is 18.4 Å². The minimum Gasteiger partial charge on any atom is -0.445 e. The van der Waals surface area contributed by atoms with Crippen LogP contribution in [0.1, 0.15) is 43.2 Å². The maximum Gasteiger partial charge on any atom is 0.407 e. The molecule has 2 fully saturated rings. The quantitative estimate of drug-likeness (QED) is 0.566. The van der Waals surface area contributed by atoms with Crippen molar-refractivity contribution in [1.29, 1.82) is 0 Å². The Bertz CT molecular complexity index is 866. The molecule has 2 aliphatic rings. The van der Waals surface area contributed by atoms with E-state index in [1.807, 2.05) is 36.4 Å². The Morgan fingerprint density at radius 3 is 2.48 bits per heavy atom. The lowest BCUT2D eigenvalue weighted by Gasteiger charge is -2.38. The molecule has 1 saturated carbocycles. The summed E-state index contributed by atoms with van der Waals surface area (Å²) in [4.78, 5) is 15.0. The first kappa shape index (κ1) is 22.4. The highest BCUT2D eigenvalue weighted by atomic mass is 35.5. The molecule has 0 spiro atoms. The van der Waals surface area contributed by atoms with Gasteiger partial charge in [0, 0.05) is 27.7 Å². The molecule has 31 heavy (non-hydrogen) atoms. The maximum absolute atomic E-state index is 12.4. The molecule has 1 aliphatic carbocycles. The molecule has 2 atom stereocenters. The topological polar surface area (TPSA) is 41.6 Å².